The fourth-order valence-corrected chi connectivity index (χ4v) is 3.79. The molecule has 1 atom stereocenters. The molecule has 1 aromatic rings. The molecule has 134 valence electrons. The van der Waals surface area contributed by atoms with Gasteiger partial charge in [0.1, 0.15) is 5.82 Å². The van der Waals surface area contributed by atoms with Crippen LogP contribution in [0.3, 0.4) is 0 Å². The number of hydrogen-bond acceptors (Lipinski definition) is 2. The molecule has 1 unspecified atom stereocenters. The number of halogens is 1. The van der Waals surface area contributed by atoms with E-state index in [4.69, 9.17) is 0 Å². The Bertz CT molecular complexity index is 681. The van der Waals surface area contributed by atoms with Crippen molar-refractivity contribution in [3.8, 4) is 0 Å². The van der Waals surface area contributed by atoms with Gasteiger partial charge in [-0.3, -0.25) is 9.59 Å². The van der Waals surface area contributed by atoms with Crippen LogP contribution in [0, 0.1) is 5.82 Å². The molecule has 1 fully saturated rings. The van der Waals surface area contributed by atoms with E-state index in [1.807, 2.05) is 11.8 Å². The molecule has 1 aromatic carbocycles. The first-order valence-corrected chi connectivity index (χ1v) is 9.14. The van der Waals surface area contributed by atoms with E-state index >= 15 is 0 Å². The van der Waals surface area contributed by atoms with Crippen LogP contribution in [0.25, 0.3) is 0 Å². The third kappa shape index (κ3) is 3.91. The van der Waals surface area contributed by atoms with Crippen molar-refractivity contribution < 1.29 is 14.0 Å². The molecule has 1 aliphatic carbocycles. The molecule has 0 aromatic heterocycles. The summed E-state index contributed by atoms with van der Waals surface area (Å²) >= 11 is 0. The van der Waals surface area contributed by atoms with Crippen LogP contribution >= 0.6 is 0 Å². The summed E-state index contributed by atoms with van der Waals surface area (Å²) in [5.41, 5.74) is 2.74. The molecular weight excluding hydrogens is 319 g/mol. The average Bonchev–Trinajstić information content (AvgIpc) is 2.88. The topological polar surface area (TPSA) is 49.4 Å². The van der Waals surface area contributed by atoms with E-state index in [0.29, 0.717) is 18.7 Å². The Morgan fingerprint density at radius 3 is 2.76 bits per heavy atom. The molecule has 2 aliphatic rings. The number of nitrogens with zero attached hydrogens (tertiary/aromatic N) is 1. The van der Waals surface area contributed by atoms with Gasteiger partial charge in [0, 0.05) is 18.7 Å². The molecule has 4 nitrogen and oxygen atoms in total. The van der Waals surface area contributed by atoms with E-state index in [0.717, 1.165) is 43.2 Å². The zero-order chi connectivity index (χ0) is 17.8. The van der Waals surface area contributed by atoms with E-state index in [1.54, 1.807) is 12.1 Å². The van der Waals surface area contributed by atoms with Crippen LogP contribution in [-0.2, 0) is 16.1 Å². The lowest BCUT2D eigenvalue weighted by Crippen LogP contribution is -2.36. The summed E-state index contributed by atoms with van der Waals surface area (Å²) in [6.45, 7) is 3.11. The smallest absolute Gasteiger partial charge is 0.251 e. The van der Waals surface area contributed by atoms with Crippen molar-refractivity contribution in [2.45, 2.75) is 58.0 Å². The van der Waals surface area contributed by atoms with Gasteiger partial charge in [-0.05, 0) is 49.0 Å². The van der Waals surface area contributed by atoms with Crippen molar-refractivity contribution in [1.29, 1.82) is 0 Å². The SMILES string of the molecule is CCCNC(=O)CC1=C2CCCCC2N(Cc2ccc(F)cc2)C1=O. The number of carbonyl (C=O) groups is 2. The third-order valence-electron chi connectivity index (χ3n) is 5.03. The number of carbonyl (C=O) groups excluding carboxylic acids is 2. The van der Waals surface area contributed by atoms with Gasteiger partial charge in [0.2, 0.25) is 5.91 Å². The van der Waals surface area contributed by atoms with Gasteiger partial charge in [-0.25, -0.2) is 4.39 Å². The van der Waals surface area contributed by atoms with Crippen LogP contribution in [0.4, 0.5) is 4.39 Å². The predicted molar refractivity (Wildman–Crippen MR) is 94.1 cm³/mol. The largest absolute Gasteiger partial charge is 0.356 e. The Hall–Kier alpha value is -2.17. The summed E-state index contributed by atoms with van der Waals surface area (Å²) in [6.07, 6.45) is 5.06. The fraction of sp³-hybridized carbons (Fsp3) is 0.500. The van der Waals surface area contributed by atoms with Gasteiger partial charge in [0.15, 0.2) is 0 Å². The molecule has 0 saturated heterocycles. The minimum absolute atomic E-state index is 0.0297. The summed E-state index contributed by atoms with van der Waals surface area (Å²) in [6, 6.07) is 6.38. The molecule has 2 amide bonds. The summed E-state index contributed by atoms with van der Waals surface area (Å²) in [5.74, 6) is -0.384. The molecule has 1 aliphatic heterocycles. The van der Waals surface area contributed by atoms with E-state index in [1.165, 1.54) is 12.1 Å². The van der Waals surface area contributed by atoms with Crippen LogP contribution in [0.5, 0.6) is 0 Å². The second kappa shape index (κ2) is 7.81. The zero-order valence-corrected chi connectivity index (χ0v) is 14.7. The predicted octanol–water partition coefficient (Wildman–Crippen LogP) is 3.32. The molecule has 3 rings (SSSR count). The Kier molecular flexibility index (Phi) is 5.51. The van der Waals surface area contributed by atoms with Crippen LogP contribution < -0.4 is 5.32 Å². The lowest BCUT2D eigenvalue weighted by molar-refractivity contribution is -0.129. The molecule has 1 heterocycles. The number of benzene rings is 1. The standard InChI is InChI=1S/C20H25FN2O2/c1-2-11-22-19(24)12-17-16-5-3-4-6-18(16)23(20(17)25)13-14-7-9-15(21)10-8-14/h7-10,18H,2-6,11-13H2,1H3,(H,22,24). The Morgan fingerprint density at radius 2 is 2.04 bits per heavy atom. The van der Waals surface area contributed by atoms with E-state index in [2.05, 4.69) is 5.32 Å². The van der Waals surface area contributed by atoms with Crippen molar-refractivity contribution in [3.05, 3.63) is 46.8 Å². The van der Waals surface area contributed by atoms with E-state index in [-0.39, 0.29) is 30.1 Å². The minimum atomic E-state index is -0.277. The maximum atomic E-state index is 13.1. The summed E-state index contributed by atoms with van der Waals surface area (Å²) in [4.78, 5) is 27.0. The van der Waals surface area contributed by atoms with Crippen LogP contribution in [0.15, 0.2) is 35.4 Å². The van der Waals surface area contributed by atoms with Gasteiger partial charge >= 0.3 is 0 Å². The van der Waals surface area contributed by atoms with Gasteiger partial charge in [-0.1, -0.05) is 25.5 Å². The van der Waals surface area contributed by atoms with Gasteiger partial charge in [-0.2, -0.15) is 0 Å². The number of fused-ring (bicyclic) bond motifs is 1. The Labute approximate surface area is 148 Å². The molecule has 1 N–H and O–H groups in total. The Balaban J connectivity index is 1.77. The van der Waals surface area contributed by atoms with Crippen LogP contribution in [-0.4, -0.2) is 29.3 Å². The lowest BCUT2D eigenvalue weighted by atomic mass is 9.88. The first kappa shape index (κ1) is 17.6. The maximum absolute atomic E-state index is 13.1. The van der Waals surface area contributed by atoms with Crippen molar-refractivity contribution in [1.82, 2.24) is 10.2 Å². The second-order valence-electron chi connectivity index (χ2n) is 6.85. The molecule has 0 bridgehead atoms. The highest BCUT2D eigenvalue weighted by Crippen LogP contribution is 2.38. The monoisotopic (exact) mass is 344 g/mol. The molecule has 0 radical (unpaired) electrons. The quantitative estimate of drug-likeness (QED) is 0.861. The third-order valence-corrected chi connectivity index (χ3v) is 5.03. The number of amides is 2. The highest BCUT2D eigenvalue weighted by molar-refractivity contribution is 6.02. The van der Waals surface area contributed by atoms with Gasteiger partial charge in [-0.15, -0.1) is 0 Å². The highest BCUT2D eigenvalue weighted by Gasteiger charge is 2.40. The first-order chi connectivity index (χ1) is 12.1. The zero-order valence-electron chi connectivity index (χ0n) is 14.7. The van der Waals surface area contributed by atoms with Gasteiger partial charge in [0.05, 0.1) is 12.5 Å². The van der Waals surface area contributed by atoms with E-state index < -0.39 is 0 Å². The molecule has 1 saturated carbocycles. The fourth-order valence-electron chi connectivity index (χ4n) is 3.79. The summed E-state index contributed by atoms with van der Waals surface area (Å²) in [7, 11) is 0. The lowest BCUT2D eigenvalue weighted by Gasteiger charge is -2.30. The maximum Gasteiger partial charge on any atom is 0.251 e. The van der Waals surface area contributed by atoms with Crippen LogP contribution in [0.2, 0.25) is 0 Å². The Morgan fingerprint density at radius 1 is 1.28 bits per heavy atom. The first-order valence-electron chi connectivity index (χ1n) is 9.14. The van der Waals surface area contributed by atoms with Crippen molar-refractivity contribution in [2.75, 3.05) is 6.54 Å². The number of hydrogen-bond donors (Lipinski definition) is 1. The van der Waals surface area contributed by atoms with Gasteiger partial charge in [0.25, 0.3) is 5.91 Å². The second-order valence-corrected chi connectivity index (χ2v) is 6.85. The molecule has 5 heteroatoms. The normalized spacial score (nSPS) is 20.0. The number of nitrogens with one attached hydrogen (secondary N) is 1. The van der Waals surface area contributed by atoms with Crippen LogP contribution in [0.1, 0.15) is 51.0 Å². The molecule has 25 heavy (non-hydrogen) atoms. The minimum Gasteiger partial charge on any atom is -0.356 e. The van der Waals surface area contributed by atoms with Crippen molar-refractivity contribution in [2.24, 2.45) is 0 Å². The number of rotatable bonds is 6. The average molecular weight is 344 g/mol. The highest BCUT2D eigenvalue weighted by atomic mass is 19.1. The van der Waals surface area contributed by atoms with Crippen molar-refractivity contribution in [3.63, 3.8) is 0 Å². The molecule has 0 spiro atoms. The van der Waals surface area contributed by atoms with Crippen molar-refractivity contribution >= 4 is 11.8 Å². The van der Waals surface area contributed by atoms with Gasteiger partial charge < -0.3 is 10.2 Å². The summed E-state index contributed by atoms with van der Waals surface area (Å²) < 4.78 is 13.1. The molecular formula is C20H25FN2O2. The summed E-state index contributed by atoms with van der Waals surface area (Å²) in [5, 5.41) is 2.86. The van der Waals surface area contributed by atoms with E-state index in [9.17, 15) is 14.0 Å².